The molecule has 3 aliphatic rings. The van der Waals surface area contributed by atoms with Gasteiger partial charge in [0.1, 0.15) is 12.4 Å². The Morgan fingerprint density at radius 1 is 0.947 bits per heavy atom. The van der Waals surface area contributed by atoms with E-state index in [1.54, 1.807) is 0 Å². The summed E-state index contributed by atoms with van der Waals surface area (Å²) in [7, 11) is 0. The maximum Gasteiger partial charge on any atom is 0.419 e. The monoisotopic (exact) mass is 521 g/mol. The topological polar surface area (TPSA) is 29.5 Å². The van der Waals surface area contributed by atoms with Crippen molar-refractivity contribution in [3.8, 4) is 11.1 Å². The molecule has 0 spiro atoms. The van der Waals surface area contributed by atoms with Crippen LogP contribution in [-0.2, 0) is 17.3 Å². The van der Waals surface area contributed by atoms with Crippen molar-refractivity contribution < 1.29 is 27.1 Å². The van der Waals surface area contributed by atoms with Crippen molar-refractivity contribution in [2.24, 2.45) is 0 Å². The summed E-state index contributed by atoms with van der Waals surface area (Å²) in [4.78, 5) is 15.2. The van der Waals surface area contributed by atoms with E-state index in [-0.39, 0.29) is 30.7 Å². The molecule has 6 rings (SSSR count). The Morgan fingerprint density at radius 2 is 1.63 bits per heavy atom. The van der Waals surface area contributed by atoms with Crippen molar-refractivity contribution in [3.63, 3.8) is 0 Å². The number of nitrogens with zero attached hydrogens (tertiary/aromatic N) is 1. The Hall–Kier alpha value is -3.61. The predicted molar refractivity (Wildman–Crippen MR) is 136 cm³/mol. The average Bonchev–Trinajstić information content (AvgIpc) is 3.21. The second-order valence-corrected chi connectivity index (χ2v) is 10.4. The lowest BCUT2D eigenvalue weighted by molar-refractivity contribution is -0.140. The van der Waals surface area contributed by atoms with E-state index in [0.717, 1.165) is 48.1 Å². The second-order valence-electron chi connectivity index (χ2n) is 10.4. The molecule has 1 saturated heterocycles. The summed E-state index contributed by atoms with van der Waals surface area (Å²) < 4.78 is 59.2. The molecule has 0 N–H and O–H groups in total. The highest BCUT2D eigenvalue weighted by atomic mass is 19.4. The van der Waals surface area contributed by atoms with Gasteiger partial charge >= 0.3 is 12.3 Å². The van der Waals surface area contributed by atoms with Gasteiger partial charge in [0, 0.05) is 12.0 Å². The molecular weight excluding hydrogens is 494 g/mol. The number of benzene rings is 3. The zero-order chi connectivity index (χ0) is 26.4. The Labute approximate surface area is 218 Å². The van der Waals surface area contributed by atoms with Crippen LogP contribution in [0, 0.1) is 5.82 Å². The van der Waals surface area contributed by atoms with Gasteiger partial charge in [-0.05, 0) is 72.1 Å². The van der Waals surface area contributed by atoms with Crippen LogP contribution in [0.4, 0.5) is 22.4 Å². The van der Waals surface area contributed by atoms with Crippen LogP contribution < -0.4 is 0 Å². The molecule has 2 unspecified atom stereocenters. The summed E-state index contributed by atoms with van der Waals surface area (Å²) in [5.41, 5.74) is 4.79. The van der Waals surface area contributed by atoms with E-state index >= 15 is 0 Å². The van der Waals surface area contributed by atoms with Gasteiger partial charge in [-0.15, -0.1) is 0 Å². The normalized spacial score (nSPS) is 20.5. The highest BCUT2D eigenvalue weighted by Gasteiger charge is 2.39. The van der Waals surface area contributed by atoms with Crippen LogP contribution >= 0.6 is 0 Å². The molecular formula is C31H27F4NO2. The molecule has 2 aliphatic heterocycles. The van der Waals surface area contributed by atoms with E-state index < -0.39 is 17.6 Å². The van der Waals surface area contributed by atoms with Crippen LogP contribution in [0.25, 0.3) is 11.1 Å². The van der Waals surface area contributed by atoms with Crippen molar-refractivity contribution in [2.45, 2.75) is 56.3 Å². The van der Waals surface area contributed by atoms with Crippen molar-refractivity contribution in [3.05, 3.63) is 106 Å². The first-order valence-corrected chi connectivity index (χ1v) is 13.0. The zero-order valence-corrected chi connectivity index (χ0v) is 20.7. The summed E-state index contributed by atoms with van der Waals surface area (Å²) in [5, 5.41) is 0. The minimum Gasteiger partial charge on any atom is -0.448 e. The number of alkyl halides is 3. The van der Waals surface area contributed by atoms with Crippen LogP contribution in [0.1, 0.15) is 53.9 Å². The molecule has 2 bridgehead atoms. The minimum absolute atomic E-state index is 0.0246. The van der Waals surface area contributed by atoms with Crippen LogP contribution in [0.3, 0.4) is 0 Å². The van der Waals surface area contributed by atoms with Crippen molar-refractivity contribution >= 4 is 6.09 Å². The summed E-state index contributed by atoms with van der Waals surface area (Å²) in [5.74, 6) is -1.29. The lowest BCUT2D eigenvalue weighted by atomic mass is 9.83. The Bertz CT molecular complexity index is 1370. The molecule has 7 heteroatoms. The molecule has 2 atom stereocenters. The van der Waals surface area contributed by atoms with Gasteiger partial charge in [0.05, 0.1) is 11.6 Å². The molecule has 3 aromatic carbocycles. The van der Waals surface area contributed by atoms with Gasteiger partial charge in [0.2, 0.25) is 0 Å². The Morgan fingerprint density at radius 3 is 2.29 bits per heavy atom. The number of carbonyl (C=O) groups excluding carboxylic acids is 1. The van der Waals surface area contributed by atoms with Crippen molar-refractivity contribution in [1.82, 2.24) is 4.90 Å². The number of piperidine rings is 1. The van der Waals surface area contributed by atoms with E-state index in [9.17, 15) is 22.4 Å². The zero-order valence-electron chi connectivity index (χ0n) is 20.7. The largest absolute Gasteiger partial charge is 0.448 e. The highest BCUT2D eigenvalue weighted by molar-refractivity contribution is 5.79. The number of carbonyl (C=O) groups is 1. The third-order valence-corrected chi connectivity index (χ3v) is 8.03. The standard InChI is InChI=1S/C31H27F4NO2/c32-29-13-12-19(17-28(29)31(33,34)35)14-20-15-21-6-5-7-22(16-20)36(21)30(37)38-18-27-25-10-3-1-8-23(25)24-9-2-4-11-26(24)27/h1-4,8-13,15,17,21-22,27H,5-7,14,16,18H2. The second kappa shape index (κ2) is 9.61. The molecule has 3 aromatic rings. The quantitative estimate of drug-likeness (QED) is 0.258. The third-order valence-electron chi connectivity index (χ3n) is 8.03. The number of halogens is 4. The maximum absolute atomic E-state index is 13.7. The molecule has 0 saturated carbocycles. The van der Waals surface area contributed by atoms with E-state index in [2.05, 4.69) is 24.3 Å². The van der Waals surface area contributed by atoms with E-state index in [4.69, 9.17) is 4.74 Å². The summed E-state index contributed by atoms with van der Waals surface area (Å²) in [6, 6.07) is 19.3. The minimum atomic E-state index is -4.74. The van der Waals surface area contributed by atoms with Crippen LogP contribution in [-0.4, -0.2) is 29.7 Å². The molecule has 3 nitrogen and oxygen atoms in total. The van der Waals surface area contributed by atoms with Crippen molar-refractivity contribution in [1.29, 1.82) is 0 Å². The Kier molecular flexibility index (Phi) is 6.25. The van der Waals surface area contributed by atoms with Crippen LogP contribution in [0.5, 0.6) is 0 Å². The molecule has 2 heterocycles. The molecule has 0 aromatic heterocycles. The SMILES string of the molecule is O=C(OCC1c2ccccc2-c2ccccc21)N1C2C=C(Cc3ccc(F)c(C(F)(F)F)c3)CC1CCC2. The fourth-order valence-electron chi connectivity index (χ4n) is 6.36. The van der Waals surface area contributed by atoms with Gasteiger partial charge < -0.3 is 4.74 Å². The first kappa shape index (κ1) is 24.7. The first-order valence-electron chi connectivity index (χ1n) is 13.0. The van der Waals surface area contributed by atoms with Crippen LogP contribution in [0.2, 0.25) is 0 Å². The van der Waals surface area contributed by atoms with E-state index in [1.165, 1.54) is 17.2 Å². The number of rotatable bonds is 4. The smallest absolute Gasteiger partial charge is 0.419 e. The molecule has 196 valence electrons. The molecule has 1 amide bonds. The predicted octanol–water partition coefficient (Wildman–Crippen LogP) is 7.89. The fraction of sp³-hybridized carbons (Fsp3) is 0.323. The van der Waals surface area contributed by atoms with Gasteiger partial charge in [-0.1, -0.05) is 66.2 Å². The molecule has 38 heavy (non-hydrogen) atoms. The highest BCUT2D eigenvalue weighted by Crippen LogP contribution is 2.45. The fourth-order valence-corrected chi connectivity index (χ4v) is 6.36. The van der Waals surface area contributed by atoms with Gasteiger partial charge in [-0.25, -0.2) is 9.18 Å². The number of fused-ring (bicyclic) bond motifs is 5. The van der Waals surface area contributed by atoms with E-state index in [0.29, 0.717) is 18.4 Å². The number of hydrogen-bond acceptors (Lipinski definition) is 2. The van der Waals surface area contributed by atoms with E-state index in [1.807, 2.05) is 35.2 Å². The average molecular weight is 522 g/mol. The molecule has 0 radical (unpaired) electrons. The van der Waals surface area contributed by atoms with Gasteiger partial charge in [0.25, 0.3) is 0 Å². The third kappa shape index (κ3) is 4.48. The molecule has 1 aliphatic carbocycles. The maximum atomic E-state index is 13.7. The number of hydrogen-bond donors (Lipinski definition) is 0. The lowest BCUT2D eigenvalue weighted by Crippen LogP contribution is -2.52. The van der Waals surface area contributed by atoms with Gasteiger partial charge in [-0.2, -0.15) is 13.2 Å². The summed E-state index contributed by atoms with van der Waals surface area (Å²) in [6.07, 6.45) is 0.344. The summed E-state index contributed by atoms with van der Waals surface area (Å²) >= 11 is 0. The first-order chi connectivity index (χ1) is 18.3. The van der Waals surface area contributed by atoms with Gasteiger partial charge in [0.15, 0.2) is 0 Å². The van der Waals surface area contributed by atoms with Crippen LogP contribution in [0.15, 0.2) is 78.4 Å². The summed E-state index contributed by atoms with van der Waals surface area (Å²) in [6.45, 7) is 0.245. The Balaban J connectivity index is 1.17. The van der Waals surface area contributed by atoms with Crippen molar-refractivity contribution in [2.75, 3.05) is 6.61 Å². The lowest BCUT2D eigenvalue weighted by Gasteiger charge is -2.44. The molecule has 1 fully saturated rings. The van der Waals surface area contributed by atoms with Gasteiger partial charge in [-0.3, -0.25) is 4.90 Å². The number of ether oxygens (including phenoxy) is 1. The number of amides is 1.